The van der Waals surface area contributed by atoms with Crippen molar-refractivity contribution in [3.8, 4) is 0 Å². The lowest BCUT2D eigenvalue weighted by Gasteiger charge is -2.18. The van der Waals surface area contributed by atoms with Crippen molar-refractivity contribution >= 4 is 17.9 Å². The molecule has 0 aliphatic carbocycles. The zero-order valence-corrected chi connectivity index (χ0v) is 54.4. The molecule has 0 saturated carbocycles. The van der Waals surface area contributed by atoms with Crippen LogP contribution in [-0.4, -0.2) is 37.2 Å². The van der Waals surface area contributed by atoms with Gasteiger partial charge in [-0.3, -0.25) is 14.4 Å². The van der Waals surface area contributed by atoms with Gasteiger partial charge in [0.25, 0.3) is 0 Å². The zero-order valence-electron chi connectivity index (χ0n) is 54.4. The first-order valence-corrected chi connectivity index (χ1v) is 35.0. The average Bonchev–Trinajstić information content (AvgIpc) is 3.49. The summed E-state index contributed by atoms with van der Waals surface area (Å²) in [6.07, 6.45) is 97.8. The van der Waals surface area contributed by atoms with E-state index in [1.54, 1.807) is 0 Å². The number of carbonyl (C=O) groups is 3. The zero-order chi connectivity index (χ0) is 59.9. The van der Waals surface area contributed by atoms with E-state index in [9.17, 15) is 14.4 Å². The van der Waals surface area contributed by atoms with Gasteiger partial charge in [-0.05, 0) is 135 Å². The molecule has 0 aromatic carbocycles. The number of rotatable bonds is 63. The molecular formula is C77H130O6. The Labute approximate surface area is 513 Å². The Hall–Kier alpha value is -4.19. The van der Waals surface area contributed by atoms with Crippen molar-refractivity contribution in [3.63, 3.8) is 0 Å². The highest BCUT2D eigenvalue weighted by Crippen LogP contribution is 2.16. The van der Waals surface area contributed by atoms with E-state index in [1.165, 1.54) is 167 Å². The molecule has 0 saturated heterocycles. The molecule has 0 N–H and O–H groups in total. The maximum Gasteiger partial charge on any atom is 0.306 e. The SMILES string of the molecule is CC/C=C\C/C=C\C/C=C\C/C=C\C/C=C\C/C=C\C/C=C\C/C=C\CCCCCCC(=O)OCC(COC(=O)CCCCCCCCC/C=C\CCCCCCCC)OC(=O)CCCCCCCCCCC/C=C\CCCCCCCC. The Morgan fingerprint density at radius 2 is 0.470 bits per heavy atom. The average molecular weight is 1150 g/mol. The van der Waals surface area contributed by atoms with E-state index in [2.05, 4.69) is 142 Å². The van der Waals surface area contributed by atoms with Crippen molar-refractivity contribution in [2.45, 2.75) is 335 Å². The van der Waals surface area contributed by atoms with Gasteiger partial charge in [-0.2, -0.15) is 0 Å². The number of hydrogen-bond donors (Lipinski definition) is 0. The third kappa shape index (κ3) is 68.5. The highest BCUT2D eigenvalue weighted by Gasteiger charge is 2.19. The molecule has 0 amide bonds. The minimum atomic E-state index is -0.796. The standard InChI is InChI=1S/C77H130O6/c1-4-7-10-13-16-19-22-25-28-31-33-34-35-36-37-38-39-40-41-42-44-46-49-52-55-58-61-64-67-70-76(79)82-73-74(72-81-75(78)69-66-63-60-57-54-51-48-45-30-27-24-21-18-15-12-9-6-3)83-77(80)71-68-65-62-59-56-53-50-47-43-32-29-26-23-20-17-14-11-8-5-2/h7,10,16,19,25-30,33-34,36-37,39-40,42,44,49,52,74H,4-6,8-9,11-15,17-18,20-24,31-32,35,38,41,43,45-48,50-51,53-73H2,1-3H3/b10-7-,19-16-,28-25-,29-26-,30-27-,34-33-,37-36-,40-39-,44-42-,52-49-. The van der Waals surface area contributed by atoms with Crippen molar-refractivity contribution in [3.05, 3.63) is 122 Å². The van der Waals surface area contributed by atoms with Gasteiger partial charge in [-0.1, -0.05) is 296 Å². The first-order valence-electron chi connectivity index (χ1n) is 35.0. The van der Waals surface area contributed by atoms with Crippen LogP contribution in [0.25, 0.3) is 0 Å². The first-order chi connectivity index (χ1) is 41.0. The van der Waals surface area contributed by atoms with Gasteiger partial charge in [-0.15, -0.1) is 0 Å². The molecule has 0 bridgehead atoms. The Morgan fingerprint density at radius 3 is 0.747 bits per heavy atom. The summed E-state index contributed by atoms with van der Waals surface area (Å²) < 4.78 is 17.0. The van der Waals surface area contributed by atoms with Crippen LogP contribution in [-0.2, 0) is 28.6 Å². The van der Waals surface area contributed by atoms with Crippen LogP contribution >= 0.6 is 0 Å². The Morgan fingerprint density at radius 1 is 0.253 bits per heavy atom. The highest BCUT2D eigenvalue weighted by atomic mass is 16.6. The first kappa shape index (κ1) is 78.8. The van der Waals surface area contributed by atoms with Crippen LogP contribution in [0.2, 0.25) is 0 Å². The third-order valence-electron chi connectivity index (χ3n) is 14.9. The molecule has 474 valence electrons. The summed E-state index contributed by atoms with van der Waals surface area (Å²) in [5.41, 5.74) is 0. The number of hydrogen-bond acceptors (Lipinski definition) is 6. The van der Waals surface area contributed by atoms with Crippen molar-refractivity contribution in [1.29, 1.82) is 0 Å². The Kier molecular flexibility index (Phi) is 66.7. The molecule has 0 radical (unpaired) electrons. The lowest BCUT2D eigenvalue weighted by molar-refractivity contribution is -0.167. The fourth-order valence-corrected chi connectivity index (χ4v) is 9.68. The fourth-order valence-electron chi connectivity index (χ4n) is 9.68. The van der Waals surface area contributed by atoms with E-state index < -0.39 is 6.10 Å². The van der Waals surface area contributed by atoms with Gasteiger partial charge in [0, 0.05) is 19.3 Å². The van der Waals surface area contributed by atoms with E-state index >= 15 is 0 Å². The lowest BCUT2D eigenvalue weighted by Crippen LogP contribution is -2.30. The summed E-state index contributed by atoms with van der Waals surface area (Å²) in [5.74, 6) is -0.911. The molecule has 1 atom stereocenters. The number of unbranched alkanes of at least 4 members (excludes halogenated alkanes) is 32. The maximum atomic E-state index is 13.0. The van der Waals surface area contributed by atoms with E-state index in [0.29, 0.717) is 19.3 Å². The smallest absolute Gasteiger partial charge is 0.306 e. The number of carbonyl (C=O) groups excluding carboxylic acids is 3. The second-order valence-corrected chi connectivity index (χ2v) is 23.1. The molecule has 6 heteroatoms. The third-order valence-corrected chi connectivity index (χ3v) is 14.9. The minimum Gasteiger partial charge on any atom is -0.462 e. The quantitative estimate of drug-likeness (QED) is 0.0261. The summed E-state index contributed by atoms with van der Waals surface area (Å²) in [7, 11) is 0. The second kappa shape index (κ2) is 70.3. The normalized spacial score (nSPS) is 12.9. The molecule has 0 heterocycles. The molecule has 6 nitrogen and oxygen atoms in total. The van der Waals surface area contributed by atoms with Gasteiger partial charge >= 0.3 is 17.9 Å². The summed E-state index contributed by atoms with van der Waals surface area (Å²) in [5, 5.41) is 0. The molecule has 0 fully saturated rings. The molecule has 0 aromatic heterocycles. The predicted octanol–water partition coefficient (Wildman–Crippen LogP) is 24.3. The van der Waals surface area contributed by atoms with Crippen LogP contribution in [0.4, 0.5) is 0 Å². The van der Waals surface area contributed by atoms with Gasteiger partial charge in [0.2, 0.25) is 0 Å². The van der Waals surface area contributed by atoms with Crippen LogP contribution in [0.5, 0.6) is 0 Å². The van der Waals surface area contributed by atoms with E-state index in [0.717, 1.165) is 122 Å². The topological polar surface area (TPSA) is 78.9 Å². The predicted molar refractivity (Wildman–Crippen MR) is 362 cm³/mol. The van der Waals surface area contributed by atoms with E-state index in [1.807, 2.05) is 0 Å². The number of ether oxygens (including phenoxy) is 3. The Balaban J connectivity index is 4.42. The van der Waals surface area contributed by atoms with Gasteiger partial charge in [0.05, 0.1) is 0 Å². The van der Waals surface area contributed by atoms with Crippen molar-refractivity contribution < 1.29 is 28.6 Å². The number of esters is 3. The summed E-state index contributed by atoms with van der Waals surface area (Å²) in [6, 6.07) is 0. The molecule has 0 spiro atoms. The van der Waals surface area contributed by atoms with Crippen LogP contribution in [0, 0.1) is 0 Å². The van der Waals surface area contributed by atoms with Crippen molar-refractivity contribution in [2.75, 3.05) is 13.2 Å². The van der Waals surface area contributed by atoms with Crippen LogP contribution in [0.1, 0.15) is 329 Å². The highest BCUT2D eigenvalue weighted by molar-refractivity contribution is 5.71. The summed E-state index contributed by atoms with van der Waals surface area (Å²) in [4.78, 5) is 38.5. The largest absolute Gasteiger partial charge is 0.462 e. The van der Waals surface area contributed by atoms with Gasteiger partial charge in [-0.25, -0.2) is 0 Å². The van der Waals surface area contributed by atoms with E-state index in [-0.39, 0.29) is 31.1 Å². The summed E-state index contributed by atoms with van der Waals surface area (Å²) in [6.45, 7) is 6.52. The van der Waals surface area contributed by atoms with Crippen molar-refractivity contribution in [1.82, 2.24) is 0 Å². The molecule has 0 rings (SSSR count). The lowest BCUT2D eigenvalue weighted by atomic mass is 10.1. The monoisotopic (exact) mass is 1150 g/mol. The van der Waals surface area contributed by atoms with Crippen LogP contribution in [0.15, 0.2) is 122 Å². The fraction of sp³-hybridized carbons (Fsp3) is 0.701. The molecule has 0 aliphatic heterocycles. The molecule has 1 unspecified atom stereocenters. The Bertz CT molecular complexity index is 1700. The van der Waals surface area contributed by atoms with Gasteiger partial charge in [0.1, 0.15) is 13.2 Å². The summed E-state index contributed by atoms with van der Waals surface area (Å²) >= 11 is 0. The second-order valence-electron chi connectivity index (χ2n) is 23.1. The molecule has 83 heavy (non-hydrogen) atoms. The molecule has 0 aliphatic rings. The van der Waals surface area contributed by atoms with Gasteiger partial charge in [0.15, 0.2) is 6.10 Å². The van der Waals surface area contributed by atoms with E-state index in [4.69, 9.17) is 14.2 Å². The maximum absolute atomic E-state index is 13.0. The van der Waals surface area contributed by atoms with Gasteiger partial charge < -0.3 is 14.2 Å². The van der Waals surface area contributed by atoms with Crippen LogP contribution < -0.4 is 0 Å². The number of allylic oxidation sites excluding steroid dienone is 20. The van der Waals surface area contributed by atoms with Crippen molar-refractivity contribution in [2.24, 2.45) is 0 Å². The minimum absolute atomic E-state index is 0.0898. The molecular weight excluding hydrogens is 1020 g/mol. The molecule has 0 aromatic rings. The van der Waals surface area contributed by atoms with Crippen LogP contribution in [0.3, 0.4) is 0 Å².